The summed E-state index contributed by atoms with van der Waals surface area (Å²) in [4.78, 5) is 24.8. The zero-order chi connectivity index (χ0) is 45.9. The van der Waals surface area contributed by atoms with Crippen LogP contribution < -0.4 is 0 Å². The van der Waals surface area contributed by atoms with Crippen molar-refractivity contribution in [3.05, 3.63) is 11.6 Å². The number of methoxy groups -OCH3 is 1. The van der Waals surface area contributed by atoms with Crippen molar-refractivity contribution in [3.63, 3.8) is 0 Å². The lowest BCUT2D eigenvalue weighted by molar-refractivity contribution is -0.391. The van der Waals surface area contributed by atoms with Crippen LogP contribution in [0.1, 0.15) is 128 Å². The van der Waals surface area contributed by atoms with E-state index in [1.165, 1.54) is 0 Å². The first-order valence-corrected chi connectivity index (χ1v) is 23.3. The molecule has 0 radical (unpaired) electrons. The maximum atomic E-state index is 13.4. The van der Waals surface area contributed by atoms with Crippen LogP contribution in [0.5, 0.6) is 0 Å². The number of carboxylic acids is 1. The Morgan fingerprint density at radius 1 is 0.887 bits per heavy atom. The van der Waals surface area contributed by atoms with Crippen LogP contribution in [0, 0.1) is 47.3 Å². The average Bonchev–Trinajstić information content (AvgIpc) is 3.71. The Bertz CT molecular complexity index is 1600. The molecule has 0 amide bonds. The van der Waals surface area contributed by atoms with Crippen LogP contribution in [0.2, 0.25) is 0 Å². The van der Waals surface area contributed by atoms with Crippen molar-refractivity contribution < 1.29 is 73.0 Å². The first kappa shape index (κ1) is 49.8. The number of allylic oxidation sites excluding steroid dienone is 1. The maximum absolute atomic E-state index is 13.4. The average molecular weight is 883 g/mol. The minimum Gasteiger partial charge on any atom is -0.481 e. The molecule has 6 fully saturated rings. The Morgan fingerprint density at radius 3 is 2.21 bits per heavy atom. The van der Waals surface area contributed by atoms with Crippen molar-refractivity contribution in [1.82, 2.24) is 0 Å². The quantitative estimate of drug-likeness (QED) is 0.152. The summed E-state index contributed by atoms with van der Waals surface area (Å²) in [5.41, 5.74) is -0.398. The van der Waals surface area contributed by atoms with E-state index in [1.807, 2.05) is 40.7 Å². The van der Waals surface area contributed by atoms with Crippen LogP contribution in [0.15, 0.2) is 11.6 Å². The lowest BCUT2D eigenvalue weighted by Crippen LogP contribution is -2.63. The van der Waals surface area contributed by atoms with Crippen molar-refractivity contribution in [1.29, 1.82) is 0 Å². The standard InChI is InChI=1S/C47H78O15/c1-23(39(51)24(2)16-27(5)43(52)53)15-25(3)40-30(8)34(50)21-45(60-40)14-13-44(11,62-45)37-20-35(57-38-19-33(49)42(55-12)32(10)56-38)31(9)47(59-37)29(7)18-36(58-47)41-26(4)17-28(6)46(54,22-48)61-41/h15,24-38,40-42,48-50,54H,13-14,16-22H2,1-12H3,(H,52,53)/b23-15+/t24-,25+,26+,27+,28-,29+,30-,31-,32+,33-,34+,35+,36-,37-,38+,40-,41+,42-,44+,45-,46+,47+/m1/s1. The van der Waals surface area contributed by atoms with Crippen molar-refractivity contribution in [2.24, 2.45) is 47.3 Å². The molecule has 6 aliphatic rings. The van der Waals surface area contributed by atoms with Gasteiger partial charge >= 0.3 is 5.97 Å². The summed E-state index contributed by atoms with van der Waals surface area (Å²) in [7, 11) is 1.55. The lowest BCUT2D eigenvalue weighted by Gasteiger charge is -2.54. The molecule has 2 spiro atoms. The number of Topliss-reactive ketones (excluding diaryl/α,β-unsaturated/α-hetero) is 1. The van der Waals surface area contributed by atoms with Gasteiger partial charge in [0.25, 0.3) is 0 Å². The van der Waals surface area contributed by atoms with E-state index in [1.54, 1.807) is 27.9 Å². The van der Waals surface area contributed by atoms with Gasteiger partial charge in [-0.15, -0.1) is 0 Å². The van der Waals surface area contributed by atoms with Gasteiger partial charge in [-0.05, 0) is 57.9 Å². The van der Waals surface area contributed by atoms with E-state index in [-0.39, 0.29) is 60.6 Å². The third-order valence-corrected chi connectivity index (χ3v) is 15.9. The van der Waals surface area contributed by atoms with Gasteiger partial charge in [0.05, 0.1) is 67.0 Å². The van der Waals surface area contributed by atoms with Gasteiger partial charge in [-0.1, -0.05) is 61.5 Å². The van der Waals surface area contributed by atoms with Crippen LogP contribution in [0.4, 0.5) is 0 Å². The number of aliphatic carboxylic acids is 1. The molecular formula is C47H78O15. The zero-order valence-electron chi connectivity index (χ0n) is 39.2. The molecule has 0 aliphatic carbocycles. The molecule has 62 heavy (non-hydrogen) atoms. The summed E-state index contributed by atoms with van der Waals surface area (Å²) < 4.78 is 53.5. The SMILES string of the molecule is CO[C@H]1[C@H](O)C[C@H](O[C@H]2C[C@H]([C@]3(C)CC[C@]4(C[C@H](O)[C@@H](C)[C@@H]([C@@H](C)/C=C(\C)C(=O)[C@H](C)C[C@H](C)C(=O)O)O4)O3)O[C@]3(O[C@@H]([C@H]4O[C@@](O)(CO)[C@H](C)C[C@@H]4C)C[C@@H]3C)[C@@H]2C)O[C@H]1C. The molecule has 0 saturated carbocycles. The van der Waals surface area contributed by atoms with Gasteiger partial charge in [0.2, 0.25) is 0 Å². The first-order chi connectivity index (χ1) is 28.9. The molecular weight excluding hydrogens is 805 g/mol. The normalized spacial score (nSPS) is 49.2. The van der Waals surface area contributed by atoms with Gasteiger partial charge in [-0.2, -0.15) is 0 Å². The number of aliphatic hydroxyl groups is 4. The predicted octanol–water partition coefficient (Wildman–Crippen LogP) is 5.12. The van der Waals surface area contributed by atoms with Gasteiger partial charge in [0.15, 0.2) is 29.4 Å². The molecule has 6 heterocycles. The summed E-state index contributed by atoms with van der Waals surface area (Å²) in [5.74, 6) is -7.44. The monoisotopic (exact) mass is 883 g/mol. The summed E-state index contributed by atoms with van der Waals surface area (Å²) in [6, 6.07) is 0. The highest BCUT2D eigenvalue weighted by Gasteiger charge is 2.65. The summed E-state index contributed by atoms with van der Waals surface area (Å²) in [5, 5.41) is 53.5. The van der Waals surface area contributed by atoms with Crippen molar-refractivity contribution in [2.75, 3.05) is 13.7 Å². The summed E-state index contributed by atoms with van der Waals surface area (Å²) in [6.07, 6.45) is -0.451. The number of carbonyl (C=O) groups excluding carboxylic acids is 1. The molecule has 5 N–H and O–H groups in total. The fraction of sp³-hybridized carbons (Fsp3) is 0.915. The Hall–Kier alpha value is -1.60. The van der Waals surface area contributed by atoms with Crippen molar-refractivity contribution in [3.8, 4) is 0 Å². The van der Waals surface area contributed by atoms with Gasteiger partial charge < -0.3 is 63.4 Å². The molecule has 22 atom stereocenters. The molecule has 6 rings (SSSR count). The van der Waals surface area contributed by atoms with Gasteiger partial charge in [-0.25, -0.2) is 0 Å². The van der Waals surface area contributed by atoms with Gasteiger partial charge in [-0.3, -0.25) is 9.59 Å². The highest BCUT2D eigenvalue weighted by molar-refractivity contribution is 5.96. The van der Waals surface area contributed by atoms with Crippen molar-refractivity contribution >= 4 is 11.8 Å². The number of hydrogen-bond acceptors (Lipinski definition) is 14. The van der Waals surface area contributed by atoms with E-state index in [9.17, 15) is 35.1 Å². The molecule has 6 saturated heterocycles. The highest BCUT2D eigenvalue weighted by Crippen LogP contribution is 2.56. The number of rotatable bonds is 13. The Morgan fingerprint density at radius 2 is 1.58 bits per heavy atom. The van der Waals surface area contributed by atoms with Gasteiger partial charge in [0, 0.05) is 68.3 Å². The Labute approximate surface area is 368 Å². The van der Waals surface area contributed by atoms with Gasteiger partial charge in [0.1, 0.15) is 6.10 Å². The molecule has 15 nitrogen and oxygen atoms in total. The minimum absolute atomic E-state index is 0.0298. The molecule has 0 aromatic rings. The smallest absolute Gasteiger partial charge is 0.306 e. The number of ether oxygens (including phenoxy) is 8. The fourth-order valence-corrected chi connectivity index (χ4v) is 11.9. The maximum Gasteiger partial charge on any atom is 0.306 e. The first-order valence-electron chi connectivity index (χ1n) is 23.3. The molecule has 0 unspecified atom stereocenters. The zero-order valence-corrected chi connectivity index (χ0v) is 39.2. The number of carboxylic acid groups (broad SMARTS) is 1. The van der Waals surface area contributed by atoms with E-state index < -0.39 is 109 Å². The third-order valence-electron chi connectivity index (χ3n) is 15.9. The van der Waals surface area contributed by atoms with E-state index in [2.05, 4.69) is 20.8 Å². The predicted molar refractivity (Wildman–Crippen MR) is 225 cm³/mol. The largest absolute Gasteiger partial charge is 0.481 e. The summed E-state index contributed by atoms with van der Waals surface area (Å²) in [6.45, 7) is 20.5. The van der Waals surface area contributed by atoms with E-state index in [0.29, 0.717) is 37.7 Å². The van der Waals surface area contributed by atoms with E-state index >= 15 is 0 Å². The Kier molecular flexibility index (Phi) is 15.2. The topological polar surface area (TPSA) is 209 Å². The minimum atomic E-state index is -1.69. The Balaban J connectivity index is 1.25. The van der Waals surface area contributed by atoms with E-state index in [0.717, 1.165) is 0 Å². The molecule has 0 aromatic heterocycles. The molecule has 0 bridgehead atoms. The molecule has 0 aromatic carbocycles. The molecule has 6 aliphatic heterocycles. The second kappa shape index (κ2) is 18.9. The number of carbonyl (C=O) groups is 2. The summed E-state index contributed by atoms with van der Waals surface area (Å²) >= 11 is 0. The van der Waals surface area contributed by atoms with Crippen molar-refractivity contribution in [2.45, 2.75) is 212 Å². The number of ketones is 1. The lowest BCUT2D eigenvalue weighted by atomic mass is 9.76. The van der Waals surface area contributed by atoms with Crippen LogP contribution in [-0.2, 0) is 47.5 Å². The second-order valence-corrected chi connectivity index (χ2v) is 20.8. The fourth-order valence-electron chi connectivity index (χ4n) is 11.9. The second-order valence-electron chi connectivity index (χ2n) is 20.8. The van der Waals surface area contributed by atoms with Crippen LogP contribution in [0.3, 0.4) is 0 Å². The highest BCUT2D eigenvalue weighted by atomic mass is 16.8. The van der Waals surface area contributed by atoms with Crippen LogP contribution in [-0.4, -0.2) is 135 Å². The van der Waals surface area contributed by atoms with Crippen LogP contribution >= 0.6 is 0 Å². The number of hydrogen-bond donors (Lipinski definition) is 5. The molecule has 356 valence electrons. The molecule has 15 heteroatoms. The van der Waals surface area contributed by atoms with E-state index in [4.69, 9.17) is 37.9 Å². The number of aliphatic hydroxyl groups excluding tert-OH is 3. The third kappa shape index (κ3) is 9.62. The van der Waals surface area contributed by atoms with Crippen LogP contribution in [0.25, 0.3) is 0 Å².